The maximum Gasteiger partial charge on any atom is 0.129 e. The fraction of sp³-hybridized carbons (Fsp3) is 0.750. The summed E-state index contributed by atoms with van der Waals surface area (Å²) >= 11 is 0. The highest BCUT2D eigenvalue weighted by Crippen LogP contribution is 2.40. The summed E-state index contributed by atoms with van der Waals surface area (Å²) in [5, 5.41) is 13.3. The second-order valence-corrected chi connectivity index (χ2v) is 5.94. The molecule has 114 valence electrons. The lowest BCUT2D eigenvalue weighted by Crippen LogP contribution is -2.37. The van der Waals surface area contributed by atoms with Gasteiger partial charge in [-0.2, -0.15) is 0 Å². The average Bonchev–Trinajstić information content (AvgIpc) is 3.10. The molecule has 1 unspecified atom stereocenters. The van der Waals surface area contributed by atoms with Gasteiger partial charge in [0.15, 0.2) is 0 Å². The molecule has 1 aliphatic carbocycles. The van der Waals surface area contributed by atoms with Gasteiger partial charge in [0.25, 0.3) is 0 Å². The molecule has 1 heterocycles. The van der Waals surface area contributed by atoms with Crippen LogP contribution in [0.2, 0.25) is 0 Å². The smallest absolute Gasteiger partial charge is 0.129 e. The summed E-state index contributed by atoms with van der Waals surface area (Å²) in [6, 6.07) is 3.71. The normalized spacial score (nSPS) is 19.3. The molecule has 0 saturated heterocycles. The molecule has 4 nitrogen and oxygen atoms in total. The van der Waals surface area contributed by atoms with Gasteiger partial charge < -0.3 is 19.6 Å². The molecular weight excluding hydrogens is 254 g/mol. The standard InChI is InChI=1S/C16H27NO3/c1-2-16(7-3-4-8-16)13-17-10-14(18)11-19-12-15-6-5-9-20-15/h5-6,9,14,17-18H,2-4,7-8,10-13H2,1H3. The van der Waals surface area contributed by atoms with E-state index in [1.807, 2.05) is 12.1 Å². The number of aliphatic hydroxyl groups is 1. The third-order valence-electron chi connectivity index (χ3n) is 4.43. The minimum atomic E-state index is -0.458. The molecule has 2 rings (SSSR count). The van der Waals surface area contributed by atoms with E-state index in [-0.39, 0.29) is 0 Å². The van der Waals surface area contributed by atoms with Crippen molar-refractivity contribution >= 4 is 0 Å². The van der Waals surface area contributed by atoms with Gasteiger partial charge in [-0.25, -0.2) is 0 Å². The third kappa shape index (κ3) is 4.62. The molecule has 20 heavy (non-hydrogen) atoms. The maximum absolute atomic E-state index is 9.89. The number of hydrogen-bond donors (Lipinski definition) is 2. The number of ether oxygens (including phenoxy) is 1. The SMILES string of the molecule is CCC1(CNCC(O)COCc2ccco2)CCCC1. The Balaban J connectivity index is 1.56. The Morgan fingerprint density at radius 3 is 2.90 bits per heavy atom. The van der Waals surface area contributed by atoms with Crippen LogP contribution in [0.1, 0.15) is 44.8 Å². The van der Waals surface area contributed by atoms with Gasteiger partial charge >= 0.3 is 0 Å². The highest BCUT2D eigenvalue weighted by molar-refractivity contribution is 4.96. The van der Waals surface area contributed by atoms with Crippen LogP contribution in [0.5, 0.6) is 0 Å². The molecule has 2 N–H and O–H groups in total. The Kier molecular flexibility index (Phi) is 6.07. The van der Waals surface area contributed by atoms with Crippen LogP contribution in [0, 0.1) is 5.41 Å². The first-order chi connectivity index (χ1) is 9.74. The summed E-state index contributed by atoms with van der Waals surface area (Å²) in [5.41, 5.74) is 0.467. The average molecular weight is 281 g/mol. The molecule has 4 heteroatoms. The van der Waals surface area contributed by atoms with Crippen molar-refractivity contribution in [1.29, 1.82) is 0 Å². The quantitative estimate of drug-likeness (QED) is 0.731. The number of nitrogens with one attached hydrogen (secondary N) is 1. The van der Waals surface area contributed by atoms with E-state index in [4.69, 9.17) is 9.15 Å². The van der Waals surface area contributed by atoms with Gasteiger partial charge in [0, 0.05) is 13.1 Å². The Bertz CT molecular complexity index is 358. The van der Waals surface area contributed by atoms with Crippen LogP contribution in [0.3, 0.4) is 0 Å². The van der Waals surface area contributed by atoms with Gasteiger partial charge in [-0.3, -0.25) is 0 Å². The van der Waals surface area contributed by atoms with E-state index in [0.29, 0.717) is 25.2 Å². The first kappa shape index (κ1) is 15.5. The second-order valence-electron chi connectivity index (χ2n) is 5.94. The number of aliphatic hydroxyl groups excluding tert-OH is 1. The number of furan rings is 1. The van der Waals surface area contributed by atoms with Crippen molar-refractivity contribution in [2.75, 3.05) is 19.7 Å². The second kappa shape index (κ2) is 7.81. The number of rotatable bonds is 9. The summed E-state index contributed by atoms with van der Waals surface area (Å²) in [6.07, 6.45) is 7.74. The lowest BCUT2D eigenvalue weighted by molar-refractivity contribution is 0.0214. The van der Waals surface area contributed by atoms with E-state index >= 15 is 0 Å². The Labute approximate surface area is 121 Å². The van der Waals surface area contributed by atoms with Crippen molar-refractivity contribution in [2.24, 2.45) is 5.41 Å². The van der Waals surface area contributed by atoms with Crippen molar-refractivity contribution < 1.29 is 14.3 Å². The molecule has 1 fully saturated rings. The van der Waals surface area contributed by atoms with Crippen molar-refractivity contribution in [3.63, 3.8) is 0 Å². The van der Waals surface area contributed by atoms with Crippen molar-refractivity contribution in [2.45, 2.75) is 51.7 Å². The van der Waals surface area contributed by atoms with Gasteiger partial charge in [0.05, 0.1) is 19.0 Å². The summed E-state index contributed by atoms with van der Waals surface area (Å²) in [7, 11) is 0. The van der Waals surface area contributed by atoms with Gasteiger partial charge in [-0.15, -0.1) is 0 Å². The van der Waals surface area contributed by atoms with Crippen LogP contribution >= 0.6 is 0 Å². The van der Waals surface area contributed by atoms with Gasteiger partial charge in [-0.05, 0) is 36.8 Å². The van der Waals surface area contributed by atoms with Crippen LogP contribution < -0.4 is 5.32 Å². The molecule has 0 aliphatic heterocycles. The van der Waals surface area contributed by atoms with Crippen LogP contribution in [0.25, 0.3) is 0 Å². The fourth-order valence-corrected chi connectivity index (χ4v) is 3.03. The summed E-state index contributed by atoms with van der Waals surface area (Å²) < 4.78 is 10.6. The first-order valence-corrected chi connectivity index (χ1v) is 7.73. The van der Waals surface area contributed by atoms with Gasteiger partial charge in [-0.1, -0.05) is 19.8 Å². The zero-order valence-electron chi connectivity index (χ0n) is 12.4. The minimum Gasteiger partial charge on any atom is -0.467 e. The summed E-state index contributed by atoms with van der Waals surface area (Å²) in [6.45, 7) is 4.64. The lowest BCUT2D eigenvalue weighted by atomic mass is 9.83. The van der Waals surface area contributed by atoms with Gasteiger partial charge in [0.1, 0.15) is 12.4 Å². The lowest BCUT2D eigenvalue weighted by Gasteiger charge is -2.28. The van der Waals surface area contributed by atoms with Crippen molar-refractivity contribution in [3.8, 4) is 0 Å². The Hall–Kier alpha value is -0.840. The molecule has 0 radical (unpaired) electrons. The Morgan fingerprint density at radius 1 is 1.45 bits per heavy atom. The molecule has 1 aliphatic rings. The fourth-order valence-electron chi connectivity index (χ4n) is 3.03. The first-order valence-electron chi connectivity index (χ1n) is 7.73. The summed E-state index contributed by atoms with van der Waals surface area (Å²) in [5.74, 6) is 0.793. The van der Waals surface area contributed by atoms with Crippen LogP contribution in [0.15, 0.2) is 22.8 Å². The van der Waals surface area contributed by atoms with Crippen molar-refractivity contribution in [1.82, 2.24) is 5.32 Å². The molecule has 0 bridgehead atoms. The largest absolute Gasteiger partial charge is 0.467 e. The molecule has 1 atom stereocenters. The molecule has 0 spiro atoms. The molecule has 1 saturated carbocycles. The molecular formula is C16H27NO3. The summed E-state index contributed by atoms with van der Waals surface area (Å²) in [4.78, 5) is 0. The molecule has 1 aromatic rings. The van der Waals surface area contributed by atoms with E-state index in [2.05, 4.69) is 12.2 Å². The van der Waals surface area contributed by atoms with E-state index in [9.17, 15) is 5.11 Å². The van der Waals surface area contributed by atoms with Crippen LogP contribution in [-0.2, 0) is 11.3 Å². The predicted octanol–water partition coefficient (Wildman–Crippen LogP) is 2.72. The van der Waals surface area contributed by atoms with E-state index in [0.717, 1.165) is 12.3 Å². The monoisotopic (exact) mass is 281 g/mol. The molecule has 0 amide bonds. The maximum atomic E-state index is 9.89. The Morgan fingerprint density at radius 2 is 2.25 bits per heavy atom. The van der Waals surface area contributed by atoms with E-state index in [1.165, 1.54) is 32.1 Å². The third-order valence-corrected chi connectivity index (χ3v) is 4.43. The highest BCUT2D eigenvalue weighted by Gasteiger charge is 2.31. The van der Waals surface area contributed by atoms with E-state index in [1.54, 1.807) is 6.26 Å². The predicted molar refractivity (Wildman–Crippen MR) is 78.4 cm³/mol. The topological polar surface area (TPSA) is 54.6 Å². The van der Waals surface area contributed by atoms with Crippen LogP contribution in [0.4, 0.5) is 0 Å². The number of hydrogen-bond acceptors (Lipinski definition) is 4. The van der Waals surface area contributed by atoms with E-state index < -0.39 is 6.10 Å². The zero-order chi connectivity index (χ0) is 14.3. The van der Waals surface area contributed by atoms with Crippen LogP contribution in [-0.4, -0.2) is 30.9 Å². The zero-order valence-corrected chi connectivity index (χ0v) is 12.4. The molecule has 1 aromatic heterocycles. The minimum absolute atomic E-state index is 0.340. The van der Waals surface area contributed by atoms with Gasteiger partial charge in [0.2, 0.25) is 0 Å². The highest BCUT2D eigenvalue weighted by atomic mass is 16.5. The van der Waals surface area contributed by atoms with Crippen molar-refractivity contribution in [3.05, 3.63) is 24.2 Å². The molecule has 0 aromatic carbocycles.